The van der Waals surface area contributed by atoms with Gasteiger partial charge in [-0.1, -0.05) is 17.7 Å². The number of carboxylic acid groups (broad SMARTS) is 1. The van der Waals surface area contributed by atoms with Gasteiger partial charge in [0.25, 0.3) is 5.91 Å². The van der Waals surface area contributed by atoms with Crippen LogP contribution in [0.5, 0.6) is 0 Å². The molecule has 0 bridgehead atoms. The highest BCUT2D eigenvalue weighted by Gasteiger charge is 2.31. The smallest absolute Gasteiger partial charge is 0.416 e. The molecular formula is C15H16F3NO3. The molecule has 1 aromatic rings. The maximum Gasteiger partial charge on any atom is 0.416 e. The number of carboxylic acids is 1. The highest BCUT2D eigenvalue weighted by atomic mass is 19.4. The van der Waals surface area contributed by atoms with Crippen LogP contribution in [0.2, 0.25) is 0 Å². The molecule has 0 saturated heterocycles. The molecule has 0 radical (unpaired) electrons. The topological polar surface area (TPSA) is 66.4 Å². The second-order valence-corrected chi connectivity index (χ2v) is 4.96. The summed E-state index contributed by atoms with van der Waals surface area (Å²) in [6, 6.07) is 2.63. The van der Waals surface area contributed by atoms with Gasteiger partial charge in [-0.25, -0.2) is 4.79 Å². The Bertz CT molecular complexity index is 590. The third-order valence-electron chi connectivity index (χ3n) is 2.82. The molecule has 0 saturated carbocycles. The normalized spacial score (nSPS) is 12.4. The Kier molecular flexibility index (Phi) is 5.73. The zero-order chi connectivity index (χ0) is 16.9. The summed E-state index contributed by atoms with van der Waals surface area (Å²) in [5.74, 6) is -2.11. The molecule has 22 heavy (non-hydrogen) atoms. The molecule has 4 nitrogen and oxygen atoms in total. The van der Waals surface area contributed by atoms with Crippen LogP contribution in [-0.4, -0.2) is 23.0 Å². The zero-order valence-electron chi connectivity index (χ0n) is 12.1. The number of aliphatic carboxylic acids is 1. The predicted molar refractivity (Wildman–Crippen MR) is 74.4 cm³/mol. The molecule has 0 heterocycles. The van der Waals surface area contributed by atoms with Crippen molar-refractivity contribution < 1.29 is 27.9 Å². The van der Waals surface area contributed by atoms with Crippen molar-refractivity contribution in [2.45, 2.75) is 32.5 Å². The first kappa shape index (κ1) is 17.7. The largest absolute Gasteiger partial charge is 0.480 e. The summed E-state index contributed by atoms with van der Waals surface area (Å²) in [6.45, 7) is 3.54. The number of allylic oxidation sites excluding steroid dienone is 1. The fourth-order valence-corrected chi connectivity index (χ4v) is 1.65. The Morgan fingerprint density at radius 1 is 1.32 bits per heavy atom. The van der Waals surface area contributed by atoms with Crippen LogP contribution in [0.4, 0.5) is 13.2 Å². The highest BCUT2D eigenvalue weighted by molar-refractivity contribution is 5.96. The van der Waals surface area contributed by atoms with E-state index in [9.17, 15) is 22.8 Å². The number of halogens is 3. The lowest BCUT2D eigenvalue weighted by Gasteiger charge is -2.14. The summed E-state index contributed by atoms with van der Waals surface area (Å²) < 4.78 is 37.8. The molecule has 1 amide bonds. The van der Waals surface area contributed by atoms with Gasteiger partial charge in [-0.2, -0.15) is 13.2 Å². The second-order valence-electron chi connectivity index (χ2n) is 4.96. The number of carbonyl (C=O) groups excluding carboxylic acids is 1. The van der Waals surface area contributed by atoms with E-state index in [1.54, 1.807) is 19.9 Å². The van der Waals surface area contributed by atoms with Crippen molar-refractivity contribution >= 4 is 11.9 Å². The number of alkyl halides is 3. The second kappa shape index (κ2) is 7.11. The first-order valence-electron chi connectivity index (χ1n) is 6.45. The fourth-order valence-electron chi connectivity index (χ4n) is 1.65. The summed E-state index contributed by atoms with van der Waals surface area (Å²) in [7, 11) is 0. The summed E-state index contributed by atoms with van der Waals surface area (Å²) in [5, 5.41) is 11.3. The average Bonchev–Trinajstić information content (AvgIpc) is 2.41. The molecule has 0 spiro atoms. The molecule has 2 N–H and O–H groups in total. The average molecular weight is 315 g/mol. The van der Waals surface area contributed by atoms with Gasteiger partial charge >= 0.3 is 12.1 Å². The van der Waals surface area contributed by atoms with Crippen LogP contribution in [0.1, 0.15) is 36.2 Å². The van der Waals surface area contributed by atoms with Gasteiger partial charge in [0.1, 0.15) is 6.04 Å². The number of nitrogens with one attached hydrogen (secondary N) is 1. The van der Waals surface area contributed by atoms with E-state index in [4.69, 9.17) is 5.11 Å². The van der Waals surface area contributed by atoms with E-state index in [-0.39, 0.29) is 12.0 Å². The number of benzene rings is 1. The first-order chi connectivity index (χ1) is 10.1. The van der Waals surface area contributed by atoms with Crippen molar-refractivity contribution in [3.05, 3.63) is 47.0 Å². The van der Waals surface area contributed by atoms with Gasteiger partial charge in [0.05, 0.1) is 5.56 Å². The van der Waals surface area contributed by atoms with Gasteiger partial charge in [-0.15, -0.1) is 0 Å². The van der Waals surface area contributed by atoms with Crippen molar-refractivity contribution in [2.24, 2.45) is 0 Å². The number of hydrogen-bond donors (Lipinski definition) is 2. The minimum atomic E-state index is -4.56. The molecule has 0 aromatic heterocycles. The maximum atomic E-state index is 12.6. The van der Waals surface area contributed by atoms with E-state index < -0.39 is 29.7 Å². The van der Waals surface area contributed by atoms with E-state index in [1.807, 2.05) is 0 Å². The lowest BCUT2D eigenvalue weighted by atomic mass is 10.1. The quantitative estimate of drug-likeness (QED) is 0.820. The Morgan fingerprint density at radius 2 is 1.95 bits per heavy atom. The summed E-state index contributed by atoms with van der Waals surface area (Å²) >= 11 is 0. The van der Waals surface area contributed by atoms with Gasteiger partial charge in [0.15, 0.2) is 0 Å². The molecule has 0 aliphatic rings. The van der Waals surface area contributed by atoms with Gasteiger partial charge in [-0.05, 0) is 38.5 Å². The summed E-state index contributed by atoms with van der Waals surface area (Å²) in [5.41, 5.74) is -0.325. The van der Waals surface area contributed by atoms with E-state index >= 15 is 0 Å². The maximum absolute atomic E-state index is 12.6. The van der Waals surface area contributed by atoms with Crippen LogP contribution >= 0.6 is 0 Å². The molecule has 0 aliphatic heterocycles. The molecule has 1 rings (SSSR count). The Morgan fingerprint density at radius 3 is 2.45 bits per heavy atom. The van der Waals surface area contributed by atoms with E-state index in [0.717, 1.165) is 17.7 Å². The summed E-state index contributed by atoms with van der Waals surface area (Å²) in [6.07, 6.45) is -2.88. The molecular weight excluding hydrogens is 299 g/mol. The summed E-state index contributed by atoms with van der Waals surface area (Å²) in [4.78, 5) is 23.0. The fraction of sp³-hybridized carbons (Fsp3) is 0.333. The zero-order valence-corrected chi connectivity index (χ0v) is 12.1. The highest BCUT2D eigenvalue weighted by Crippen LogP contribution is 2.29. The first-order valence-corrected chi connectivity index (χ1v) is 6.45. The van der Waals surface area contributed by atoms with Gasteiger partial charge in [0.2, 0.25) is 0 Å². The van der Waals surface area contributed by atoms with Crippen molar-refractivity contribution in [3.63, 3.8) is 0 Å². The Hall–Kier alpha value is -2.31. The molecule has 7 heteroatoms. The number of amides is 1. The number of carbonyl (C=O) groups is 2. The van der Waals surface area contributed by atoms with Crippen LogP contribution in [0.25, 0.3) is 0 Å². The third-order valence-corrected chi connectivity index (χ3v) is 2.82. The van der Waals surface area contributed by atoms with Crippen molar-refractivity contribution in [1.29, 1.82) is 0 Å². The Balaban J connectivity index is 2.91. The molecule has 120 valence electrons. The van der Waals surface area contributed by atoms with E-state index in [0.29, 0.717) is 6.07 Å². The van der Waals surface area contributed by atoms with Crippen LogP contribution in [0.3, 0.4) is 0 Å². The molecule has 1 atom stereocenters. The van der Waals surface area contributed by atoms with E-state index in [1.165, 1.54) is 6.07 Å². The van der Waals surface area contributed by atoms with Crippen molar-refractivity contribution in [3.8, 4) is 0 Å². The minimum Gasteiger partial charge on any atom is -0.480 e. The van der Waals surface area contributed by atoms with E-state index in [2.05, 4.69) is 5.32 Å². The molecule has 0 fully saturated rings. The SMILES string of the molecule is CC(C)=CC[C@H](NC(=O)c1cccc(C(F)(F)F)c1)C(=O)O. The number of rotatable bonds is 5. The van der Waals surface area contributed by atoms with Crippen LogP contribution < -0.4 is 5.32 Å². The Labute approximate surface area is 125 Å². The third kappa shape index (κ3) is 5.23. The van der Waals surface area contributed by atoms with Gasteiger partial charge in [0, 0.05) is 5.56 Å². The lowest BCUT2D eigenvalue weighted by Crippen LogP contribution is -2.40. The van der Waals surface area contributed by atoms with Crippen LogP contribution in [-0.2, 0) is 11.0 Å². The van der Waals surface area contributed by atoms with Crippen molar-refractivity contribution in [2.75, 3.05) is 0 Å². The molecule has 0 unspecified atom stereocenters. The molecule has 0 aliphatic carbocycles. The molecule has 1 aromatic carbocycles. The number of hydrogen-bond acceptors (Lipinski definition) is 2. The predicted octanol–water partition coefficient (Wildman–Crippen LogP) is 3.24. The van der Waals surface area contributed by atoms with Crippen LogP contribution in [0.15, 0.2) is 35.9 Å². The standard InChI is InChI=1S/C15H16F3NO3/c1-9(2)6-7-12(14(21)22)19-13(20)10-4-3-5-11(8-10)15(16,17)18/h3-6,8,12H,7H2,1-2H3,(H,19,20)(H,21,22)/t12-/m0/s1. The van der Waals surface area contributed by atoms with Crippen molar-refractivity contribution in [1.82, 2.24) is 5.32 Å². The van der Waals surface area contributed by atoms with Crippen LogP contribution in [0, 0.1) is 0 Å². The van der Waals surface area contributed by atoms with Gasteiger partial charge < -0.3 is 10.4 Å². The lowest BCUT2D eigenvalue weighted by molar-refractivity contribution is -0.139. The monoisotopic (exact) mass is 315 g/mol. The van der Waals surface area contributed by atoms with Gasteiger partial charge in [-0.3, -0.25) is 4.79 Å². The minimum absolute atomic E-state index is 0.0579.